The molecule has 1 aliphatic rings. The van der Waals surface area contributed by atoms with Crippen LogP contribution in [0.2, 0.25) is 0 Å². The molecule has 4 heteroatoms. The summed E-state index contributed by atoms with van der Waals surface area (Å²) in [5.74, 6) is 0.0946. The fourth-order valence-corrected chi connectivity index (χ4v) is 3.09. The Bertz CT molecular complexity index is 671. The molecule has 3 nitrogen and oxygen atoms in total. The highest BCUT2D eigenvalue weighted by Crippen LogP contribution is 2.22. The molecule has 2 aromatic carbocycles. The van der Waals surface area contributed by atoms with Gasteiger partial charge in [0.15, 0.2) is 0 Å². The maximum absolute atomic E-state index is 12.7. The Kier molecular flexibility index (Phi) is 4.27. The number of benzene rings is 2. The topological polar surface area (TPSA) is 29.5 Å². The van der Waals surface area contributed by atoms with Crippen molar-refractivity contribution in [2.24, 2.45) is 0 Å². The molecule has 1 aliphatic heterocycles. The molecule has 110 valence electrons. The van der Waals surface area contributed by atoms with Gasteiger partial charge < -0.3 is 9.64 Å². The quantitative estimate of drug-likeness (QED) is 0.783. The van der Waals surface area contributed by atoms with E-state index in [1.165, 1.54) is 0 Å². The number of carbonyl (C=O) groups excluding carboxylic acids is 1. The molecular formula is C17H18BrNO2. The van der Waals surface area contributed by atoms with Crippen molar-refractivity contribution in [2.45, 2.75) is 19.4 Å². The van der Waals surface area contributed by atoms with Gasteiger partial charge in [0.1, 0.15) is 0 Å². The van der Waals surface area contributed by atoms with Gasteiger partial charge >= 0.3 is 0 Å². The number of amides is 1. The van der Waals surface area contributed by atoms with Crippen molar-refractivity contribution in [2.75, 3.05) is 19.7 Å². The predicted molar refractivity (Wildman–Crippen MR) is 87.6 cm³/mol. The van der Waals surface area contributed by atoms with Crippen molar-refractivity contribution >= 4 is 32.6 Å². The number of hydrogen-bond donors (Lipinski definition) is 0. The summed E-state index contributed by atoms with van der Waals surface area (Å²) in [6.07, 6.45) is 1.00. The normalized spacial score (nSPS) is 19.5. The Morgan fingerprint density at radius 3 is 2.86 bits per heavy atom. The maximum atomic E-state index is 12.7. The molecule has 1 atom stereocenters. The number of nitrogens with zero attached hydrogens (tertiary/aromatic N) is 1. The number of hydrogen-bond acceptors (Lipinski definition) is 2. The molecule has 1 saturated heterocycles. The van der Waals surface area contributed by atoms with Gasteiger partial charge in [0.05, 0.1) is 6.10 Å². The van der Waals surface area contributed by atoms with Crippen molar-refractivity contribution in [3.63, 3.8) is 0 Å². The summed E-state index contributed by atoms with van der Waals surface area (Å²) >= 11 is 3.47. The Labute approximate surface area is 133 Å². The van der Waals surface area contributed by atoms with Crippen LogP contribution < -0.4 is 0 Å². The first-order chi connectivity index (χ1) is 10.1. The number of rotatable bonds is 1. The van der Waals surface area contributed by atoms with Crippen LogP contribution in [0.25, 0.3) is 10.8 Å². The fraction of sp³-hybridized carbons (Fsp3) is 0.353. The smallest absolute Gasteiger partial charge is 0.253 e. The van der Waals surface area contributed by atoms with Crippen molar-refractivity contribution < 1.29 is 9.53 Å². The average Bonchev–Trinajstić information content (AvgIpc) is 2.70. The number of fused-ring (bicyclic) bond motifs is 1. The van der Waals surface area contributed by atoms with E-state index in [1.54, 1.807) is 0 Å². The third-order valence-corrected chi connectivity index (χ3v) is 4.28. The summed E-state index contributed by atoms with van der Waals surface area (Å²) in [5.41, 5.74) is 0.749. The summed E-state index contributed by atoms with van der Waals surface area (Å²) in [6, 6.07) is 12.0. The molecule has 0 saturated carbocycles. The van der Waals surface area contributed by atoms with E-state index in [0.29, 0.717) is 6.54 Å². The largest absolute Gasteiger partial charge is 0.377 e. The minimum atomic E-state index is 0.0946. The van der Waals surface area contributed by atoms with Crippen LogP contribution in [-0.2, 0) is 4.74 Å². The number of halogens is 1. The third kappa shape index (κ3) is 3.27. The van der Waals surface area contributed by atoms with Crippen LogP contribution in [0.15, 0.2) is 40.9 Å². The number of ether oxygens (including phenoxy) is 1. The molecular weight excluding hydrogens is 330 g/mol. The molecule has 0 spiro atoms. The van der Waals surface area contributed by atoms with Gasteiger partial charge in [0.2, 0.25) is 0 Å². The van der Waals surface area contributed by atoms with Gasteiger partial charge in [-0.25, -0.2) is 0 Å². The van der Waals surface area contributed by atoms with Gasteiger partial charge in [-0.1, -0.05) is 28.1 Å². The monoisotopic (exact) mass is 347 g/mol. The standard InChI is InChI=1S/C17H18BrNO2/c1-12-11-19(7-2-8-21-12)17(20)15-4-3-14-10-16(18)6-5-13(14)9-15/h3-6,9-10,12H,2,7-8,11H2,1H3. The highest BCUT2D eigenvalue weighted by Gasteiger charge is 2.21. The van der Waals surface area contributed by atoms with Gasteiger partial charge in [-0.15, -0.1) is 0 Å². The molecule has 0 bridgehead atoms. The Balaban J connectivity index is 1.88. The van der Waals surface area contributed by atoms with Crippen molar-refractivity contribution in [3.8, 4) is 0 Å². The highest BCUT2D eigenvalue weighted by atomic mass is 79.9. The zero-order valence-corrected chi connectivity index (χ0v) is 13.6. The minimum absolute atomic E-state index is 0.0946. The molecule has 1 fully saturated rings. The van der Waals surface area contributed by atoms with E-state index in [0.717, 1.165) is 40.4 Å². The second-order valence-corrected chi connectivity index (χ2v) is 6.41. The summed E-state index contributed by atoms with van der Waals surface area (Å²) in [4.78, 5) is 14.6. The molecule has 3 rings (SSSR count). The highest BCUT2D eigenvalue weighted by molar-refractivity contribution is 9.10. The van der Waals surface area contributed by atoms with E-state index in [9.17, 15) is 4.79 Å². The summed E-state index contributed by atoms with van der Waals surface area (Å²) in [7, 11) is 0. The van der Waals surface area contributed by atoms with Crippen LogP contribution >= 0.6 is 15.9 Å². The molecule has 1 unspecified atom stereocenters. The zero-order chi connectivity index (χ0) is 14.8. The van der Waals surface area contributed by atoms with Gasteiger partial charge in [-0.3, -0.25) is 4.79 Å². The summed E-state index contributed by atoms with van der Waals surface area (Å²) < 4.78 is 6.65. The number of carbonyl (C=O) groups is 1. The molecule has 1 amide bonds. The first kappa shape index (κ1) is 14.5. The van der Waals surface area contributed by atoms with Crippen LogP contribution in [0.5, 0.6) is 0 Å². The first-order valence-electron chi connectivity index (χ1n) is 7.24. The molecule has 2 aromatic rings. The molecule has 0 aromatic heterocycles. The van der Waals surface area contributed by atoms with E-state index < -0.39 is 0 Å². The SMILES string of the molecule is CC1CN(C(=O)c2ccc3cc(Br)ccc3c2)CCCO1. The minimum Gasteiger partial charge on any atom is -0.377 e. The Morgan fingerprint density at radius 2 is 2.00 bits per heavy atom. The van der Waals surface area contributed by atoms with Gasteiger partial charge in [0, 0.05) is 29.7 Å². The summed E-state index contributed by atoms with van der Waals surface area (Å²) in [5, 5.41) is 2.22. The predicted octanol–water partition coefficient (Wildman–Crippen LogP) is 3.85. The van der Waals surface area contributed by atoms with E-state index in [2.05, 4.69) is 22.0 Å². The lowest BCUT2D eigenvalue weighted by Gasteiger charge is -2.22. The third-order valence-electron chi connectivity index (χ3n) is 3.79. The average molecular weight is 348 g/mol. The van der Waals surface area contributed by atoms with Gasteiger partial charge in [-0.2, -0.15) is 0 Å². The Morgan fingerprint density at radius 1 is 1.24 bits per heavy atom. The van der Waals surface area contributed by atoms with Crippen molar-refractivity contribution in [1.82, 2.24) is 4.90 Å². The molecule has 21 heavy (non-hydrogen) atoms. The molecule has 0 N–H and O–H groups in total. The van der Waals surface area contributed by atoms with Crippen molar-refractivity contribution in [1.29, 1.82) is 0 Å². The first-order valence-corrected chi connectivity index (χ1v) is 8.03. The lowest BCUT2D eigenvalue weighted by Crippen LogP contribution is -2.35. The molecule has 0 aliphatic carbocycles. The van der Waals surface area contributed by atoms with Crippen LogP contribution in [-0.4, -0.2) is 36.6 Å². The van der Waals surface area contributed by atoms with Crippen LogP contribution in [0.1, 0.15) is 23.7 Å². The molecule has 0 radical (unpaired) electrons. The van der Waals surface area contributed by atoms with Gasteiger partial charge in [-0.05, 0) is 48.4 Å². The zero-order valence-electron chi connectivity index (χ0n) is 12.0. The van der Waals surface area contributed by atoms with Crippen molar-refractivity contribution in [3.05, 3.63) is 46.4 Å². The van der Waals surface area contributed by atoms with Crippen LogP contribution in [0.4, 0.5) is 0 Å². The van der Waals surface area contributed by atoms with Gasteiger partial charge in [0.25, 0.3) is 5.91 Å². The van der Waals surface area contributed by atoms with E-state index in [-0.39, 0.29) is 12.0 Å². The Hall–Kier alpha value is -1.39. The van der Waals surface area contributed by atoms with E-state index in [4.69, 9.17) is 4.74 Å². The maximum Gasteiger partial charge on any atom is 0.253 e. The summed E-state index contributed by atoms with van der Waals surface area (Å²) in [6.45, 7) is 4.18. The van der Waals surface area contributed by atoms with E-state index in [1.807, 2.05) is 42.2 Å². The second-order valence-electron chi connectivity index (χ2n) is 5.49. The van der Waals surface area contributed by atoms with Crippen LogP contribution in [0.3, 0.4) is 0 Å². The lowest BCUT2D eigenvalue weighted by atomic mass is 10.1. The second kappa shape index (κ2) is 6.16. The lowest BCUT2D eigenvalue weighted by molar-refractivity contribution is 0.0563. The molecule has 1 heterocycles. The fourth-order valence-electron chi connectivity index (χ4n) is 2.71. The van der Waals surface area contributed by atoms with Crippen LogP contribution in [0, 0.1) is 0 Å². The van der Waals surface area contributed by atoms with E-state index >= 15 is 0 Å².